The minimum atomic E-state index is -0.328. The van der Waals surface area contributed by atoms with Crippen molar-refractivity contribution in [1.82, 2.24) is 0 Å². The van der Waals surface area contributed by atoms with Gasteiger partial charge in [-0.25, -0.2) is 4.79 Å². The first-order valence-electron chi connectivity index (χ1n) is 17.5. The summed E-state index contributed by atoms with van der Waals surface area (Å²) in [5.41, 5.74) is 10.9. The Morgan fingerprint density at radius 1 is 0.784 bits per heavy atom. The summed E-state index contributed by atoms with van der Waals surface area (Å²) >= 11 is 0. The van der Waals surface area contributed by atoms with Gasteiger partial charge in [0, 0.05) is 71.6 Å². The van der Waals surface area contributed by atoms with E-state index in [0.29, 0.717) is 18.7 Å². The molecule has 0 saturated carbocycles. The van der Waals surface area contributed by atoms with Gasteiger partial charge in [0.05, 0.1) is 17.5 Å². The molecular weight excluding hydrogens is 658 g/mol. The van der Waals surface area contributed by atoms with Gasteiger partial charge in [0.25, 0.3) is 0 Å². The van der Waals surface area contributed by atoms with Crippen LogP contribution in [0.15, 0.2) is 100 Å². The van der Waals surface area contributed by atoms with Gasteiger partial charge in [0.1, 0.15) is 22.8 Å². The van der Waals surface area contributed by atoms with Crippen molar-refractivity contribution in [2.45, 2.75) is 48.0 Å². The van der Waals surface area contributed by atoms with E-state index >= 15 is 0 Å². The van der Waals surface area contributed by atoms with Crippen molar-refractivity contribution in [1.29, 1.82) is 0 Å². The number of fused-ring (bicyclic) bond motifs is 4. The number of para-hydroxylation sites is 1. The van der Waals surface area contributed by atoms with Crippen molar-refractivity contribution < 1.29 is 18.7 Å². The highest BCUT2D eigenvalue weighted by molar-refractivity contribution is 6.08. The summed E-state index contributed by atoms with van der Waals surface area (Å²) in [6.45, 7) is 14.9. The second-order valence-electron chi connectivity index (χ2n) is 12.2. The Labute approximate surface area is 306 Å². The zero-order valence-corrected chi connectivity index (χ0v) is 31.0. The number of hydrogen-bond acceptors (Lipinski definition) is 7. The Morgan fingerprint density at radius 2 is 1.51 bits per heavy atom. The highest BCUT2D eigenvalue weighted by Crippen LogP contribution is 2.43. The summed E-state index contributed by atoms with van der Waals surface area (Å²) in [6, 6.07) is 30.3. The number of carbonyl (C=O) groups is 1. The van der Waals surface area contributed by atoms with Gasteiger partial charge < -0.3 is 24.5 Å². The molecule has 51 heavy (non-hydrogen) atoms. The van der Waals surface area contributed by atoms with E-state index in [9.17, 15) is 4.79 Å². The third-order valence-electron chi connectivity index (χ3n) is 8.83. The third-order valence-corrected chi connectivity index (χ3v) is 8.83. The fourth-order valence-electron chi connectivity index (χ4n) is 6.55. The number of rotatable bonds is 8. The molecule has 0 unspecified atom stereocenters. The first-order chi connectivity index (χ1) is 24.4. The van der Waals surface area contributed by atoms with Crippen molar-refractivity contribution in [2.24, 2.45) is 4.99 Å². The minimum absolute atomic E-state index is 0. The lowest BCUT2D eigenvalue weighted by Crippen LogP contribution is -2.10. The van der Waals surface area contributed by atoms with Crippen LogP contribution in [0.4, 0.5) is 11.4 Å². The lowest BCUT2D eigenvalue weighted by atomic mass is 9.89. The molecule has 0 saturated heterocycles. The molecule has 7 nitrogen and oxygen atoms in total. The largest absolute Gasteiger partial charge is 0.462 e. The Balaban J connectivity index is 0.000000235. The number of anilines is 2. The summed E-state index contributed by atoms with van der Waals surface area (Å²) in [4.78, 5) is 17.5. The summed E-state index contributed by atoms with van der Waals surface area (Å²) < 4.78 is 17.7. The molecule has 4 aromatic rings. The van der Waals surface area contributed by atoms with Crippen LogP contribution in [0.1, 0.15) is 60.3 Å². The molecule has 3 aliphatic rings. The van der Waals surface area contributed by atoms with E-state index in [1.54, 1.807) is 0 Å². The molecule has 1 aliphatic carbocycles. The number of ether oxygens (including phenoxy) is 2. The van der Waals surface area contributed by atoms with Gasteiger partial charge in [0.15, 0.2) is 0 Å². The topological polar surface area (TPSA) is 85.1 Å². The lowest BCUT2D eigenvalue weighted by molar-refractivity contribution is 0.0527. The lowest BCUT2D eigenvalue weighted by Gasteiger charge is -2.22. The maximum Gasteiger partial charge on any atom is 0.338 e. The SMILES string of the molecule is CC/N=c1/cc2oc3cc(NCC)c(C)cc3c(-c3ccccc3C(=O)OCC)c-2cc1C.CCNc1cccc2c1Cc1ccccc1O2.Cl. The van der Waals surface area contributed by atoms with Crippen LogP contribution in [0.2, 0.25) is 0 Å². The van der Waals surface area contributed by atoms with Gasteiger partial charge in [-0.15, -0.1) is 12.4 Å². The molecule has 0 amide bonds. The predicted molar refractivity (Wildman–Crippen MR) is 211 cm³/mol. The molecule has 2 heterocycles. The molecule has 2 N–H and O–H groups in total. The number of hydrogen-bond donors (Lipinski definition) is 2. The summed E-state index contributed by atoms with van der Waals surface area (Å²) in [5, 5.41) is 8.67. The standard InChI is InChI=1S/C28H30N2O3.C15H15NO.ClH/c1-6-29-23-15-25-21(13-17(23)4)27(19-11-9-10-12-20(19)28(31)32-8-3)22-14-18(5)24(30-7-2)16-26(22)33-25;1-2-16-13-7-5-9-15-12(13)10-11-6-3-4-8-14(11)17-15;/h9-16,29H,6-8H2,1-5H3;3-9,16H,2,10H2,1H3;1H/b30-24-;;. The molecule has 0 atom stereocenters. The maximum absolute atomic E-state index is 12.9. The van der Waals surface area contributed by atoms with Gasteiger partial charge in [-0.05, 0) is 100 Å². The number of aryl methyl sites for hydroxylation is 2. The summed E-state index contributed by atoms with van der Waals surface area (Å²) in [6.07, 6.45) is 0.939. The molecule has 0 fully saturated rings. The van der Waals surface area contributed by atoms with Crippen LogP contribution in [0.5, 0.6) is 11.5 Å². The average molecular weight is 704 g/mol. The van der Waals surface area contributed by atoms with Gasteiger partial charge in [-0.1, -0.05) is 42.5 Å². The van der Waals surface area contributed by atoms with Gasteiger partial charge in [-0.3, -0.25) is 4.99 Å². The number of esters is 1. The molecule has 0 spiro atoms. The zero-order chi connectivity index (χ0) is 35.2. The summed E-state index contributed by atoms with van der Waals surface area (Å²) in [5.74, 6) is 2.36. The van der Waals surface area contributed by atoms with Crippen molar-refractivity contribution in [3.8, 4) is 33.9 Å². The van der Waals surface area contributed by atoms with Crippen LogP contribution in [0.3, 0.4) is 0 Å². The van der Waals surface area contributed by atoms with Gasteiger partial charge >= 0.3 is 5.97 Å². The minimum Gasteiger partial charge on any atom is -0.462 e. The van der Waals surface area contributed by atoms with Crippen LogP contribution in [-0.2, 0) is 11.2 Å². The van der Waals surface area contributed by atoms with E-state index in [1.165, 1.54) is 16.8 Å². The van der Waals surface area contributed by atoms with Crippen LogP contribution >= 0.6 is 12.4 Å². The molecule has 2 aliphatic heterocycles. The normalized spacial score (nSPS) is 11.8. The van der Waals surface area contributed by atoms with E-state index in [1.807, 2.05) is 74.5 Å². The first kappa shape index (κ1) is 37.0. The van der Waals surface area contributed by atoms with Crippen molar-refractivity contribution in [3.05, 3.63) is 124 Å². The van der Waals surface area contributed by atoms with Crippen molar-refractivity contribution >= 4 is 40.7 Å². The van der Waals surface area contributed by atoms with E-state index in [4.69, 9.17) is 13.9 Å². The van der Waals surface area contributed by atoms with Crippen molar-refractivity contribution in [2.75, 3.05) is 36.9 Å². The molecular formula is C43H46ClN3O4. The zero-order valence-electron chi connectivity index (χ0n) is 30.2. The fourth-order valence-corrected chi connectivity index (χ4v) is 6.55. The second-order valence-corrected chi connectivity index (χ2v) is 12.2. The van der Waals surface area contributed by atoms with Gasteiger partial charge in [0.2, 0.25) is 0 Å². The second kappa shape index (κ2) is 16.6. The molecule has 0 aromatic heterocycles. The van der Waals surface area contributed by atoms with Crippen LogP contribution in [0, 0.1) is 13.8 Å². The first-order valence-corrected chi connectivity index (χ1v) is 17.5. The monoisotopic (exact) mass is 703 g/mol. The van der Waals surface area contributed by atoms with E-state index in [2.05, 4.69) is 73.7 Å². The van der Waals surface area contributed by atoms with Crippen molar-refractivity contribution in [3.63, 3.8) is 0 Å². The number of carbonyl (C=O) groups excluding carboxylic acids is 1. The fraction of sp³-hybridized carbons (Fsp3) is 0.256. The molecule has 0 radical (unpaired) electrons. The Hall–Kier alpha value is -5.27. The Kier molecular flexibility index (Phi) is 12.1. The van der Waals surface area contributed by atoms with Crippen LogP contribution in [0.25, 0.3) is 33.4 Å². The highest BCUT2D eigenvalue weighted by atomic mass is 35.5. The molecule has 0 bridgehead atoms. The number of nitrogens with zero attached hydrogens (tertiary/aromatic N) is 1. The smallest absolute Gasteiger partial charge is 0.338 e. The highest BCUT2D eigenvalue weighted by Gasteiger charge is 2.23. The predicted octanol–water partition coefficient (Wildman–Crippen LogP) is 10.6. The van der Waals surface area contributed by atoms with Crippen LogP contribution < -0.4 is 20.7 Å². The molecule has 7 rings (SSSR count). The average Bonchev–Trinajstić information content (AvgIpc) is 3.12. The third kappa shape index (κ3) is 7.74. The molecule has 264 valence electrons. The summed E-state index contributed by atoms with van der Waals surface area (Å²) in [7, 11) is 0. The van der Waals surface area contributed by atoms with E-state index in [-0.39, 0.29) is 18.4 Å². The van der Waals surface area contributed by atoms with Gasteiger partial charge in [-0.2, -0.15) is 0 Å². The molecule has 8 heteroatoms. The Morgan fingerprint density at radius 3 is 2.27 bits per heavy atom. The van der Waals surface area contributed by atoms with E-state index in [0.717, 1.165) is 86.6 Å². The maximum atomic E-state index is 12.9. The number of benzene rings is 5. The van der Waals surface area contributed by atoms with E-state index < -0.39 is 0 Å². The molecule has 4 aromatic carbocycles. The Bertz CT molecular complexity index is 2210. The number of nitrogens with one attached hydrogen (secondary N) is 2. The number of halogens is 1. The van der Waals surface area contributed by atoms with Crippen LogP contribution in [-0.4, -0.2) is 32.2 Å². The quantitative estimate of drug-likeness (QED) is 0.121.